The van der Waals surface area contributed by atoms with Gasteiger partial charge in [0.1, 0.15) is 5.82 Å². The van der Waals surface area contributed by atoms with Crippen LogP contribution in [0.1, 0.15) is 32.7 Å². The normalized spacial score (nSPS) is 20.7. The number of piperazine rings is 1. The van der Waals surface area contributed by atoms with Gasteiger partial charge in [-0.1, -0.05) is 0 Å². The zero-order valence-corrected chi connectivity index (χ0v) is 19.3. The number of nitrogens with zero attached hydrogens (tertiary/aromatic N) is 5. The van der Waals surface area contributed by atoms with E-state index in [1.807, 2.05) is 18.7 Å². The molecular formula is C22H30FN5O3S. The molecule has 3 heterocycles. The molecule has 1 atom stereocenters. The highest BCUT2D eigenvalue weighted by Crippen LogP contribution is 2.26. The van der Waals surface area contributed by atoms with Crippen LogP contribution in [0, 0.1) is 11.7 Å². The van der Waals surface area contributed by atoms with E-state index in [1.165, 1.54) is 22.8 Å². The summed E-state index contributed by atoms with van der Waals surface area (Å²) < 4.78 is 42.5. The zero-order chi connectivity index (χ0) is 22.9. The summed E-state index contributed by atoms with van der Waals surface area (Å²) in [5.74, 6) is -0.602. The van der Waals surface area contributed by atoms with Gasteiger partial charge < -0.3 is 14.4 Å². The molecular weight excluding hydrogens is 433 g/mol. The third-order valence-electron chi connectivity index (χ3n) is 6.29. The van der Waals surface area contributed by atoms with Crippen molar-refractivity contribution in [3.05, 3.63) is 42.6 Å². The number of carbonyl (C=O) groups excluding carboxylic acids is 1. The number of imidazole rings is 1. The maximum absolute atomic E-state index is 13.2. The SMILES string of the molecule is CC(C)n1cnc(S(=O)(=O)N2CCC[C@H](C(=O)N3CCN(c4ccc(F)cc4)CC3)C2)c1. The highest BCUT2D eigenvalue weighted by molar-refractivity contribution is 7.89. The van der Waals surface area contributed by atoms with Gasteiger partial charge in [0.2, 0.25) is 5.91 Å². The van der Waals surface area contributed by atoms with Gasteiger partial charge in [-0.3, -0.25) is 4.79 Å². The Morgan fingerprint density at radius 2 is 1.78 bits per heavy atom. The number of amides is 1. The van der Waals surface area contributed by atoms with E-state index in [-0.39, 0.29) is 35.3 Å². The predicted molar refractivity (Wildman–Crippen MR) is 119 cm³/mol. The van der Waals surface area contributed by atoms with Gasteiger partial charge in [-0.25, -0.2) is 17.8 Å². The molecule has 10 heteroatoms. The van der Waals surface area contributed by atoms with E-state index in [2.05, 4.69) is 9.88 Å². The molecule has 0 bridgehead atoms. The average molecular weight is 464 g/mol. The van der Waals surface area contributed by atoms with E-state index in [1.54, 1.807) is 22.9 Å². The first-order chi connectivity index (χ1) is 15.3. The Morgan fingerprint density at radius 3 is 2.41 bits per heavy atom. The molecule has 1 aromatic heterocycles. The fourth-order valence-electron chi connectivity index (χ4n) is 4.32. The minimum Gasteiger partial charge on any atom is -0.368 e. The number of rotatable bonds is 5. The van der Waals surface area contributed by atoms with Crippen LogP contribution in [0.5, 0.6) is 0 Å². The van der Waals surface area contributed by atoms with Gasteiger partial charge in [-0.05, 0) is 51.0 Å². The molecule has 4 rings (SSSR count). The van der Waals surface area contributed by atoms with Crippen LogP contribution in [0.3, 0.4) is 0 Å². The number of anilines is 1. The molecule has 1 amide bonds. The second kappa shape index (κ2) is 9.19. The van der Waals surface area contributed by atoms with Crippen LogP contribution in [0.15, 0.2) is 41.8 Å². The van der Waals surface area contributed by atoms with Gasteiger partial charge in [-0.15, -0.1) is 0 Å². The third-order valence-corrected chi connectivity index (χ3v) is 8.05. The van der Waals surface area contributed by atoms with E-state index < -0.39 is 10.0 Å². The lowest BCUT2D eigenvalue weighted by molar-refractivity contribution is -0.137. The standard InChI is InChI=1S/C22H30FN5O3S/c1-17(2)27-15-21(24-16-27)32(30,31)28-9-3-4-18(14-28)22(29)26-12-10-25(11-13-26)20-7-5-19(23)6-8-20/h5-8,15-18H,3-4,9-14H2,1-2H3/t18-/m0/s1. The quantitative estimate of drug-likeness (QED) is 0.680. The summed E-state index contributed by atoms with van der Waals surface area (Å²) in [5, 5.41) is 0.0345. The molecule has 2 aliphatic heterocycles. The Hall–Kier alpha value is -2.46. The van der Waals surface area contributed by atoms with E-state index in [9.17, 15) is 17.6 Å². The topological polar surface area (TPSA) is 78.8 Å². The fraction of sp³-hybridized carbons (Fsp3) is 0.545. The number of carbonyl (C=O) groups is 1. The zero-order valence-electron chi connectivity index (χ0n) is 18.5. The Bertz CT molecular complexity index is 1050. The summed E-state index contributed by atoms with van der Waals surface area (Å²) in [5.41, 5.74) is 0.939. The van der Waals surface area contributed by atoms with E-state index >= 15 is 0 Å². The molecule has 2 saturated heterocycles. The smallest absolute Gasteiger partial charge is 0.262 e. The van der Waals surface area contributed by atoms with Gasteiger partial charge in [-0.2, -0.15) is 4.31 Å². The van der Waals surface area contributed by atoms with Crippen molar-refractivity contribution in [2.75, 3.05) is 44.2 Å². The number of hydrogen-bond acceptors (Lipinski definition) is 5. The number of piperidine rings is 1. The van der Waals surface area contributed by atoms with Gasteiger partial charge in [0, 0.05) is 57.2 Å². The first kappa shape index (κ1) is 22.7. The molecule has 0 unspecified atom stereocenters. The fourth-order valence-corrected chi connectivity index (χ4v) is 5.77. The van der Waals surface area contributed by atoms with Crippen molar-refractivity contribution in [2.45, 2.75) is 37.8 Å². The minimum atomic E-state index is -3.73. The van der Waals surface area contributed by atoms with Crippen LogP contribution in [0.4, 0.5) is 10.1 Å². The third kappa shape index (κ3) is 4.66. The summed E-state index contributed by atoms with van der Waals surface area (Å²) in [7, 11) is -3.73. The predicted octanol–water partition coefficient (Wildman–Crippen LogP) is 2.35. The average Bonchev–Trinajstić information content (AvgIpc) is 3.31. The van der Waals surface area contributed by atoms with Gasteiger partial charge in [0.05, 0.1) is 12.2 Å². The molecule has 0 N–H and O–H groups in total. The van der Waals surface area contributed by atoms with Crippen molar-refractivity contribution in [3.8, 4) is 0 Å². The molecule has 2 aromatic rings. The molecule has 1 aromatic carbocycles. The Balaban J connectivity index is 1.38. The number of sulfonamides is 1. The highest BCUT2D eigenvalue weighted by atomic mass is 32.2. The Morgan fingerprint density at radius 1 is 1.09 bits per heavy atom. The van der Waals surface area contributed by atoms with Crippen molar-refractivity contribution in [1.82, 2.24) is 18.8 Å². The highest BCUT2D eigenvalue weighted by Gasteiger charge is 2.36. The molecule has 0 radical (unpaired) electrons. The van der Waals surface area contributed by atoms with Gasteiger partial charge >= 0.3 is 0 Å². The molecule has 0 spiro atoms. The van der Waals surface area contributed by atoms with E-state index in [0.29, 0.717) is 45.6 Å². The van der Waals surface area contributed by atoms with Gasteiger partial charge in [0.15, 0.2) is 5.03 Å². The second-order valence-electron chi connectivity index (χ2n) is 8.74. The molecule has 32 heavy (non-hydrogen) atoms. The van der Waals surface area contributed by atoms with Crippen molar-refractivity contribution in [3.63, 3.8) is 0 Å². The summed E-state index contributed by atoms with van der Waals surface area (Å²) in [6.07, 6.45) is 4.42. The lowest BCUT2D eigenvalue weighted by Crippen LogP contribution is -2.53. The van der Waals surface area contributed by atoms with Crippen molar-refractivity contribution in [2.24, 2.45) is 5.92 Å². The molecule has 8 nitrogen and oxygen atoms in total. The van der Waals surface area contributed by atoms with E-state index in [4.69, 9.17) is 0 Å². The number of aromatic nitrogens is 2. The summed E-state index contributed by atoms with van der Waals surface area (Å²) in [6.45, 7) is 6.98. The second-order valence-corrected chi connectivity index (χ2v) is 10.6. The number of halogens is 1. The van der Waals surface area contributed by atoms with Crippen LogP contribution in [0.25, 0.3) is 0 Å². The Labute approximate surface area is 188 Å². The minimum absolute atomic E-state index is 0.0105. The lowest BCUT2D eigenvalue weighted by atomic mass is 9.97. The first-order valence-corrected chi connectivity index (χ1v) is 12.5. The molecule has 2 fully saturated rings. The van der Waals surface area contributed by atoms with Crippen molar-refractivity contribution >= 4 is 21.6 Å². The summed E-state index contributed by atoms with van der Waals surface area (Å²) >= 11 is 0. The monoisotopic (exact) mass is 463 g/mol. The lowest BCUT2D eigenvalue weighted by Gasteiger charge is -2.39. The molecule has 2 aliphatic rings. The number of benzene rings is 1. The summed E-state index contributed by atoms with van der Waals surface area (Å²) in [6, 6.07) is 6.49. The maximum Gasteiger partial charge on any atom is 0.262 e. The van der Waals surface area contributed by atoms with Crippen LogP contribution in [0.2, 0.25) is 0 Å². The molecule has 0 saturated carbocycles. The molecule has 174 valence electrons. The van der Waals surface area contributed by atoms with Crippen molar-refractivity contribution < 1.29 is 17.6 Å². The van der Waals surface area contributed by atoms with Crippen molar-refractivity contribution in [1.29, 1.82) is 0 Å². The molecule has 0 aliphatic carbocycles. The summed E-state index contributed by atoms with van der Waals surface area (Å²) in [4.78, 5) is 21.2. The van der Waals surface area contributed by atoms with Gasteiger partial charge in [0.25, 0.3) is 10.0 Å². The first-order valence-electron chi connectivity index (χ1n) is 11.1. The Kier molecular flexibility index (Phi) is 6.52. The van der Waals surface area contributed by atoms with Crippen LogP contribution < -0.4 is 4.90 Å². The maximum atomic E-state index is 13.2. The largest absolute Gasteiger partial charge is 0.368 e. The number of hydrogen-bond donors (Lipinski definition) is 0. The van der Waals surface area contributed by atoms with E-state index in [0.717, 1.165) is 5.69 Å². The van der Waals surface area contributed by atoms with Crippen LogP contribution >= 0.6 is 0 Å². The van der Waals surface area contributed by atoms with Crippen LogP contribution in [-0.4, -0.2) is 72.3 Å². The van der Waals surface area contributed by atoms with Crippen LogP contribution in [-0.2, 0) is 14.8 Å².